The van der Waals surface area contributed by atoms with Crippen molar-refractivity contribution in [3.63, 3.8) is 0 Å². The lowest BCUT2D eigenvalue weighted by Gasteiger charge is -2.50. The van der Waals surface area contributed by atoms with Gasteiger partial charge < -0.3 is 95.4 Å². The van der Waals surface area contributed by atoms with Crippen LogP contribution in [-0.4, -0.2) is 205 Å². The van der Waals surface area contributed by atoms with Crippen LogP contribution in [0.4, 0.5) is 0 Å². The summed E-state index contributed by atoms with van der Waals surface area (Å²) in [6, 6.07) is -4.44. The number of rotatable bonds is 50. The van der Waals surface area contributed by atoms with Crippen LogP contribution in [0.5, 0.6) is 0 Å². The van der Waals surface area contributed by atoms with Gasteiger partial charge in [0.05, 0.1) is 38.1 Å². The molecule has 3 aliphatic rings. The first-order chi connectivity index (χ1) is 42.2. The van der Waals surface area contributed by atoms with Crippen LogP contribution in [0.1, 0.15) is 260 Å². The summed E-state index contributed by atoms with van der Waals surface area (Å²) in [5, 5.41) is 118. The van der Waals surface area contributed by atoms with Crippen LogP contribution >= 0.6 is 0 Å². The number of carbonyl (C=O) groups is 3. The van der Waals surface area contributed by atoms with Gasteiger partial charge in [-0.25, -0.2) is 0 Å². The van der Waals surface area contributed by atoms with Crippen molar-refractivity contribution in [2.75, 3.05) is 19.8 Å². The van der Waals surface area contributed by atoms with E-state index in [9.17, 15) is 65.4 Å². The van der Waals surface area contributed by atoms with E-state index in [1.165, 1.54) is 142 Å². The van der Waals surface area contributed by atoms with E-state index in [-0.39, 0.29) is 12.8 Å². The van der Waals surface area contributed by atoms with Crippen molar-refractivity contribution < 1.29 is 93.9 Å². The second-order valence-electron chi connectivity index (χ2n) is 26.2. The zero-order valence-electron chi connectivity index (χ0n) is 54.9. The van der Waals surface area contributed by atoms with E-state index < -0.39 is 154 Å². The monoisotopic (exact) mass is 1260 g/mol. The van der Waals surface area contributed by atoms with Crippen LogP contribution in [0.3, 0.4) is 0 Å². The van der Waals surface area contributed by atoms with Crippen LogP contribution in [0.25, 0.3) is 0 Å². The molecule has 0 aromatic heterocycles. The Labute approximate surface area is 527 Å². The molecule has 22 nitrogen and oxygen atoms in total. The standard InChI is InChI=1S/C66H125N3O19/c1-7-8-9-10-11-12-13-14-15-16-17-18-19-20-21-22-23-24-27-31-34-37-40-50(75)63(82)69-48(56(77)49(74)39-36-33-30-28-25-26-29-32-35-38-44(2)3)43-83-64-54(68-47(6)73)62(88-66-60(81)59(80)55(76)45(4)84-66)61(52(42-71)86-64)87-65-53(67-46(5)72)58(79)57(78)51(41-70)85-65/h44-45,48-62,64-66,70-71,74-81H,7-43H2,1-6H3,(H,67,72)(H,68,73)(H,69,82)/t45?,48-,49+,50+,51?,52?,53-,54?,55-,56-,57-,58?,59+,60?,61+,62+,64+,65-,66+/m0/s1. The number of unbranched alkanes of at least 4 members (excludes halogenated alkanes) is 29. The van der Waals surface area contributed by atoms with Crippen LogP contribution in [-0.2, 0) is 42.8 Å². The molecule has 518 valence electrons. The van der Waals surface area contributed by atoms with Gasteiger partial charge in [-0.15, -0.1) is 0 Å². The molecule has 22 heteroatoms. The smallest absolute Gasteiger partial charge is 0.249 e. The highest BCUT2D eigenvalue weighted by Gasteiger charge is 2.55. The van der Waals surface area contributed by atoms with Gasteiger partial charge in [-0.3, -0.25) is 14.4 Å². The molecule has 3 rings (SSSR count). The molecule has 3 saturated heterocycles. The van der Waals surface area contributed by atoms with E-state index in [2.05, 4.69) is 36.7 Å². The molecule has 0 spiro atoms. The second-order valence-corrected chi connectivity index (χ2v) is 26.2. The fourth-order valence-corrected chi connectivity index (χ4v) is 12.3. The van der Waals surface area contributed by atoms with Gasteiger partial charge in [0, 0.05) is 13.8 Å². The predicted octanol–water partition coefficient (Wildman–Crippen LogP) is 6.27. The molecule has 0 aliphatic carbocycles. The zero-order chi connectivity index (χ0) is 64.8. The van der Waals surface area contributed by atoms with Gasteiger partial charge in [0.1, 0.15) is 79.2 Å². The number of amides is 3. The Morgan fingerprint density at radius 3 is 1.34 bits per heavy atom. The summed E-state index contributed by atoms with van der Waals surface area (Å²) in [4.78, 5) is 39.4. The summed E-state index contributed by atoms with van der Waals surface area (Å²) >= 11 is 0. The lowest BCUT2D eigenvalue weighted by atomic mass is 9.93. The number of hydrogen-bond donors (Lipinski definition) is 13. The average molecular weight is 1260 g/mol. The maximum Gasteiger partial charge on any atom is 0.249 e. The van der Waals surface area contributed by atoms with Crippen LogP contribution in [0.2, 0.25) is 0 Å². The summed E-state index contributed by atoms with van der Waals surface area (Å²) in [5.41, 5.74) is 0. The molecule has 13 N–H and O–H groups in total. The Kier molecular flexibility index (Phi) is 42.5. The number of hydrogen-bond acceptors (Lipinski definition) is 19. The molecule has 0 radical (unpaired) electrons. The molecule has 19 atom stereocenters. The lowest BCUT2D eigenvalue weighted by Crippen LogP contribution is -2.71. The van der Waals surface area contributed by atoms with Gasteiger partial charge in [-0.2, -0.15) is 0 Å². The van der Waals surface area contributed by atoms with Gasteiger partial charge in [-0.1, -0.05) is 226 Å². The van der Waals surface area contributed by atoms with Crippen LogP contribution < -0.4 is 16.0 Å². The molecule has 3 heterocycles. The van der Waals surface area contributed by atoms with Crippen LogP contribution in [0, 0.1) is 5.92 Å². The highest BCUT2D eigenvalue weighted by molar-refractivity contribution is 5.80. The fourth-order valence-electron chi connectivity index (χ4n) is 12.3. The van der Waals surface area contributed by atoms with Gasteiger partial charge in [-0.05, 0) is 25.7 Å². The Bertz CT molecular complexity index is 1790. The third-order valence-corrected chi connectivity index (χ3v) is 17.8. The lowest BCUT2D eigenvalue weighted by molar-refractivity contribution is -0.366. The summed E-state index contributed by atoms with van der Waals surface area (Å²) in [7, 11) is 0. The van der Waals surface area contributed by atoms with Crippen molar-refractivity contribution in [3.8, 4) is 0 Å². The van der Waals surface area contributed by atoms with Crippen molar-refractivity contribution >= 4 is 17.7 Å². The normalized spacial score (nSPS) is 28.9. The topological polar surface area (TPSA) is 345 Å². The maximum atomic E-state index is 13.8. The highest BCUT2D eigenvalue weighted by Crippen LogP contribution is 2.35. The third-order valence-electron chi connectivity index (χ3n) is 17.8. The van der Waals surface area contributed by atoms with Crippen molar-refractivity contribution in [2.24, 2.45) is 5.92 Å². The van der Waals surface area contributed by atoms with E-state index in [4.69, 9.17) is 28.4 Å². The van der Waals surface area contributed by atoms with E-state index in [0.717, 1.165) is 71.6 Å². The Hall–Kier alpha value is -2.23. The van der Waals surface area contributed by atoms with Gasteiger partial charge in [0.25, 0.3) is 0 Å². The first kappa shape index (κ1) is 80.0. The summed E-state index contributed by atoms with van der Waals surface area (Å²) in [6.45, 7) is 8.11. The number of nitrogens with one attached hydrogen (secondary N) is 3. The highest BCUT2D eigenvalue weighted by atomic mass is 16.8. The molecule has 0 aromatic carbocycles. The molecule has 88 heavy (non-hydrogen) atoms. The van der Waals surface area contributed by atoms with Crippen molar-refractivity contribution in [2.45, 2.75) is 376 Å². The minimum Gasteiger partial charge on any atom is -0.394 e. The fraction of sp³-hybridized carbons (Fsp3) is 0.955. The average Bonchev–Trinajstić information content (AvgIpc) is 0.904. The van der Waals surface area contributed by atoms with Gasteiger partial charge in [0.15, 0.2) is 18.9 Å². The minimum absolute atomic E-state index is 0.145. The molecule has 0 aromatic rings. The number of carbonyl (C=O) groups excluding carboxylic acids is 3. The first-order valence-corrected chi connectivity index (χ1v) is 34.7. The third kappa shape index (κ3) is 30.7. The molecule has 0 bridgehead atoms. The second kappa shape index (κ2) is 46.8. The largest absolute Gasteiger partial charge is 0.394 e. The first-order valence-electron chi connectivity index (χ1n) is 34.7. The van der Waals surface area contributed by atoms with Crippen molar-refractivity contribution in [1.29, 1.82) is 0 Å². The molecule has 0 saturated carbocycles. The van der Waals surface area contributed by atoms with Crippen LogP contribution in [0.15, 0.2) is 0 Å². The number of aliphatic hydroxyl groups is 10. The maximum absolute atomic E-state index is 13.8. The summed E-state index contributed by atoms with van der Waals surface area (Å²) < 4.78 is 36.9. The van der Waals surface area contributed by atoms with Crippen molar-refractivity contribution in [1.82, 2.24) is 16.0 Å². The predicted molar refractivity (Wildman–Crippen MR) is 334 cm³/mol. The number of aliphatic hydroxyl groups excluding tert-OH is 10. The van der Waals surface area contributed by atoms with E-state index in [1.54, 1.807) is 0 Å². The Morgan fingerprint density at radius 1 is 0.466 bits per heavy atom. The summed E-state index contributed by atoms with van der Waals surface area (Å²) in [6.07, 6.45) is 12.2. The molecule has 3 fully saturated rings. The molecule has 6 unspecified atom stereocenters. The zero-order valence-corrected chi connectivity index (χ0v) is 54.9. The molecular formula is C66H125N3O19. The van der Waals surface area contributed by atoms with E-state index in [0.29, 0.717) is 18.8 Å². The summed E-state index contributed by atoms with van der Waals surface area (Å²) in [5.74, 6) is -1.48. The molecule has 3 amide bonds. The van der Waals surface area contributed by atoms with Crippen molar-refractivity contribution in [3.05, 3.63) is 0 Å². The molecule has 3 aliphatic heterocycles. The Balaban J connectivity index is 1.70. The van der Waals surface area contributed by atoms with E-state index in [1.807, 2.05) is 0 Å². The number of ether oxygens (including phenoxy) is 6. The Morgan fingerprint density at radius 2 is 0.886 bits per heavy atom. The van der Waals surface area contributed by atoms with E-state index >= 15 is 0 Å². The molecular weight excluding hydrogens is 1140 g/mol. The minimum atomic E-state index is -1.92. The SMILES string of the molecule is CCCCCCCCCCCCCCCCCCCCCCCC[C@@H](O)C(=O)N[C@@H](CO[C@@H]1OC(CO)[C@@H](O[C@@H]2OC(CO)[C@H](O)C(O)[C@@H]2NC(C)=O)[C@H](O[C@H]2OC(C)[C@H](O)[C@@H](O)C2O)C1NC(C)=O)[C@H](O)[C@H](O)CCCCCCCCCCCC(C)C. The van der Waals surface area contributed by atoms with Gasteiger partial charge in [0.2, 0.25) is 17.7 Å². The van der Waals surface area contributed by atoms with Gasteiger partial charge >= 0.3 is 0 Å². The quantitative estimate of drug-likeness (QED) is 0.0298.